The second-order valence-corrected chi connectivity index (χ2v) is 13.5. The number of nitrogens with zero attached hydrogens (tertiary/aromatic N) is 1. The van der Waals surface area contributed by atoms with Crippen LogP contribution in [0.4, 0.5) is 0 Å². The standard InChI is InChI=1S/C31H37N2O3Si/c1-20(33-30(34)21-11-16-28(35-5)32-19-21)29-26-17-23(18-27(26)29)36-37(24-9-7-6-8-10-24)25-14-12-22(13-15-25)31(2,3)4/h6-16,19-20,23,26-27,29H,17-18H2,1-5H3,(H,33,34). The number of ether oxygens (including phenoxy) is 1. The molecule has 0 spiro atoms. The van der Waals surface area contributed by atoms with Gasteiger partial charge in [0.05, 0.1) is 12.7 Å². The fourth-order valence-electron chi connectivity index (χ4n) is 5.88. The van der Waals surface area contributed by atoms with E-state index in [1.54, 1.807) is 25.4 Å². The summed E-state index contributed by atoms with van der Waals surface area (Å²) in [5, 5.41) is 5.79. The van der Waals surface area contributed by atoms with Gasteiger partial charge in [0.25, 0.3) is 14.9 Å². The number of carbonyl (C=O) groups excluding carboxylic acids is 1. The number of carbonyl (C=O) groups is 1. The zero-order valence-electron chi connectivity index (χ0n) is 22.4. The summed E-state index contributed by atoms with van der Waals surface area (Å²) in [4.78, 5) is 16.9. The number of pyridine rings is 1. The van der Waals surface area contributed by atoms with Crippen molar-refractivity contribution in [1.29, 1.82) is 0 Å². The second-order valence-electron chi connectivity index (χ2n) is 11.5. The summed E-state index contributed by atoms with van der Waals surface area (Å²) in [5.74, 6) is 2.20. The average Bonchev–Trinajstić information content (AvgIpc) is 3.42. The molecule has 5 nitrogen and oxygen atoms in total. The van der Waals surface area contributed by atoms with E-state index in [0.29, 0.717) is 29.2 Å². The molecule has 2 aliphatic carbocycles. The summed E-state index contributed by atoms with van der Waals surface area (Å²) >= 11 is 0. The normalized spacial score (nSPS) is 23.4. The Labute approximate surface area is 222 Å². The minimum atomic E-state index is -1.33. The lowest BCUT2D eigenvalue weighted by Crippen LogP contribution is -2.47. The molecule has 193 valence electrons. The number of aromatic nitrogens is 1. The van der Waals surface area contributed by atoms with Crippen LogP contribution in [0, 0.1) is 17.8 Å². The lowest BCUT2D eigenvalue weighted by atomic mass is 9.87. The molecule has 0 aliphatic heterocycles. The first-order valence-corrected chi connectivity index (χ1v) is 14.7. The first-order valence-electron chi connectivity index (χ1n) is 13.3. The van der Waals surface area contributed by atoms with Gasteiger partial charge in [-0.2, -0.15) is 0 Å². The third kappa shape index (κ3) is 5.65. The van der Waals surface area contributed by atoms with Crippen LogP contribution in [0.1, 0.15) is 56.5 Å². The van der Waals surface area contributed by atoms with Gasteiger partial charge in [-0.25, -0.2) is 4.98 Å². The molecule has 2 aromatic carbocycles. The molecule has 1 N–H and O–H groups in total. The predicted octanol–water partition coefficient (Wildman–Crippen LogP) is 4.35. The van der Waals surface area contributed by atoms with E-state index in [1.807, 2.05) is 0 Å². The van der Waals surface area contributed by atoms with Crippen LogP contribution < -0.4 is 20.4 Å². The van der Waals surface area contributed by atoms with Crippen molar-refractivity contribution in [3.63, 3.8) is 0 Å². The summed E-state index contributed by atoms with van der Waals surface area (Å²) in [7, 11) is 0.238. The molecule has 3 atom stereocenters. The maximum absolute atomic E-state index is 12.7. The van der Waals surface area contributed by atoms with Gasteiger partial charge in [-0.3, -0.25) is 4.79 Å². The van der Waals surface area contributed by atoms with Crippen LogP contribution in [-0.2, 0) is 9.84 Å². The molecule has 3 unspecified atom stereocenters. The van der Waals surface area contributed by atoms with Crippen molar-refractivity contribution in [2.24, 2.45) is 17.8 Å². The molecule has 0 saturated heterocycles. The van der Waals surface area contributed by atoms with Crippen molar-refractivity contribution in [3.8, 4) is 5.88 Å². The van der Waals surface area contributed by atoms with Crippen molar-refractivity contribution >= 4 is 25.3 Å². The van der Waals surface area contributed by atoms with Gasteiger partial charge in [0.1, 0.15) is 0 Å². The van der Waals surface area contributed by atoms with Crippen LogP contribution in [0.15, 0.2) is 72.9 Å². The Balaban J connectivity index is 1.21. The number of amides is 1. The Bertz CT molecular complexity index is 1200. The molecule has 2 saturated carbocycles. The van der Waals surface area contributed by atoms with Gasteiger partial charge in [-0.05, 0) is 64.9 Å². The Morgan fingerprint density at radius 1 is 0.973 bits per heavy atom. The van der Waals surface area contributed by atoms with Crippen LogP contribution in [-0.4, -0.2) is 39.2 Å². The molecule has 37 heavy (non-hydrogen) atoms. The first-order chi connectivity index (χ1) is 17.7. The number of benzene rings is 2. The molecule has 3 aromatic rings. The molecule has 2 fully saturated rings. The lowest BCUT2D eigenvalue weighted by molar-refractivity contribution is 0.0930. The molecular weight excluding hydrogens is 476 g/mol. The molecule has 1 radical (unpaired) electrons. The van der Waals surface area contributed by atoms with Gasteiger partial charge in [-0.1, -0.05) is 75.4 Å². The minimum absolute atomic E-state index is 0.0753. The van der Waals surface area contributed by atoms with Gasteiger partial charge in [-0.15, -0.1) is 0 Å². The van der Waals surface area contributed by atoms with Crippen LogP contribution in [0.25, 0.3) is 0 Å². The zero-order valence-corrected chi connectivity index (χ0v) is 23.4. The highest BCUT2D eigenvalue weighted by Crippen LogP contribution is 2.59. The number of nitrogens with one attached hydrogen (secondary N) is 1. The van der Waals surface area contributed by atoms with Crippen LogP contribution in [0.5, 0.6) is 5.88 Å². The van der Waals surface area contributed by atoms with E-state index in [0.717, 1.165) is 12.8 Å². The highest BCUT2D eigenvalue weighted by molar-refractivity contribution is 6.80. The SMILES string of the molecule is COc1ccc(C(=O)NC(C)C2C3CC(O[Si](c4ccccc4)c4ccc(C(C)(C)C)cc4)CC32)cn1. The molecule has 1 heterocycles. The lowest BCUT2D eigenvalue weighted by Gasteiger charge is -2.25. The Morgan fingerprint density at radius 2 is 1.62 bits per heavy atom. The maximum Gasteiger partial charge on any atom is 0.283 e. The monoisotopic (exact) mass is 513 g/mol. The molecule has 2 aliphatic rings. The Kier molecular flexibility index (Phi) is 7.23. The first kappa shape index (κ1) is 25.7. The minimum Gasteiger partial charge on any atom is -0.481 e. The third-order valence-electron chi connectivity index (χ3n) is 7.95. The molecule has 1 aromatic heterocycles. The van der Waals surface area contributed by atoms with Gasteiger partial charge in [0, 0.05) is 24.4 Å². The second kappa shape index (κ2) is 10.4. The summed E-state index contributed by atoms with van der Waals surface area (Å²) in [6.07, 6.45) is 3.98. The van der Waals surface area contributed by atoms with E-state index in [1.165, 1.54) is 15.9 Å². The molecule has 6 heteroatoms. The van der Waals surface area contributed by atoms with Crippen LogP contribution >= 0.6 is 0 Å². The Morgan fingerprint density at radius 3 is 2.19 bits per heavy atom. The van der Waals surface area contributed by atoms with E-state index in [9.17, 15) is 4.79 Å². The molecule has 5 rings (SSSR count). The summed E-state index contributed by atoms with van der Waals surface area (Å²) in [5.41, 5.74) is 2.04. The number of hydrogen-bond acceptors (Lipinski definition) is 4. The topological polar surface area (TPSA) is 60.5 Å². The molecular formula is C31H37N2O3Si. The van der Waals surface area contributed by atoms with Crippen molar-refractivity contribution in [2.45, 2.75) is 58.1 Å². The van der Waals surface area contributed by atoms with E-state index >= 15 is 0 Å². The number of fused-ring (bicyclic) bond motifs is 1. The van der Waals surface area contributed by atoms with E-state index in [4.69, 9.17) is 9.16 Å². The third-order valence-corrected chi connectivity index (χ3v) is 10.2. The molecule has 0 bridgehead atoms. The fourth-order valence-corrected chi connectivity index (χ4v) is 7.98. The number of methoxy groups -OCH3 is 1. The van der Waals surface area contributed by atoms with Crippen molar-refractivity contribution in [2.75, 3.05) is 7.11 Å². The molecule has 1 amide bonds. The fraction of sp³-hybridized carbons (Fsp3) is 0.419. The summed E-state index contributed by atoms with van der Waals surface area (Å²) < 4.78 is 12.0. The predicted molar refractivity (Wildman–Crippen MR) is 149 cm³/mol. The van der Waals surface area contributed by atoms with Gasteiger partial charge in [0.2, 0.25) is 5.88 Å². The van der Waals surface area contributed by atoms with Gasteiger partial charge in [0.15, 0.2) is 0 Å². The highest BCUT2D eigenvalue weighted by Gasteiger charge is 2.58. The summed E-state index contributed by atoms with van der Waals surface area (Å²) in [6.45, 7) is 8.88. The maximum atomic E-state index is 12.7. The van der Waals surface area contributed by atoms with Gasteiger partial charge < -0.3 is 14.5 Å². The van der Waals surface area contributed by atoms with Gasteiger partial charge >= 0.3 is 0 Å². The van der Waals surface area contributed by atoms with Crippen molar-refractivity contribution in [1.82, 2.24) is 10.3 Å². The van der Waals surface area contributed by atoms with E-state index in [-0.39, 0.29) is 23.5 Å². The quantitative estimate of drug-likeness (QED) is 0.455. The Hall–Kier alpha value is -2.96. The van der Waals surface area contributed by atoms with Crippen LogP contribution in [0.2, 0.25) is 0 Å². The van der Waals surface area contributed by atoms with Crippen molar-refractivity contribution in [3.05, 3.63) is 84.1 Å². The highest BCUT2D eigenvalue weighted by atomic mass is 28.3. The number of rotatable bonds is 8. The van der Waals surface area contributed by atoms with E-state index < -0.39 is 9.04 Å². The van der Waals surface area contributed by atoms with Crippen molar-refractivity contribution < 1.29 is 14.0 Å². The zero-order chi connectivity index (χ0) is 26.2. The smallest absolute Gasteiger partial charge is 0.283 e. The van der Waals surface area contributed by atoms with Crippen LogP contribution in [0.3, 0.4) is 0 Å². The number of hydrogen-bond donors (Lipinski definition) is 1. The summed E-state index contributed by atoms with van der Waals surface area (Å²) in [6, 6.07) is 23.4. The average molecular weight is 514 g/mol. The van der Waals surface area contributed by atoms with E-state index in [2.05, 4.69) is 92.6 Å². The largest absolute Gasteiger partial charge is 0.481 e.